The normalized spacial score (nSPS) is 10.1. The first-order chi connectivity index (χ1) is 10.7. The number of imidazole rings is 1. The zero-order valence-electron chi connectivity index (χ0n) is 12.7. The lowest BCUT2D eigenvalue weighted by atomic mass is 10.2. The maximum atomic E-state index is 4.52. The molecule has 0 bridgehead atoms. The third kappa shape index (κ3) is 3.42. The molecule has 0 saturated carbocycles. The van der Waals surface area contributed by atoms with Crippen LogP contribution in [0.3, 0.4) is 0 Å². The molecule has 0 N–H and O–H groups in total. The second-order valence-electron chi connectivity index (χ2n) is 5.22. The van der Waals surface area contributed by atoms with E-state index in [1.54, 1.807) is 6.20 Å². The maximum Gasteiger partial charge on any atom is 0.131 e. The van der Waals surface area contributed by atoms with Gasteiger partial charge in [0.1, 0.15) is 11.5 Å². The number of pyridine rings is 1. The second kappa shape index (κ2) is 6.28. The molecule has 3 rings (SSSR count). The van der Waals surface area contributed by atoms with E-state index in [0.29, 0.717) is 0 Å². The van der Waals surface area contributed by atoms with E-state index in [9.17, 15) is 0 Å². The predicted molar refractivity (Wildman–Crippen MR) is 87.5 cm³/mol. The molecule has 0 spiro atoms. The molecule has 3 heteroatoms. The van der Waals surface area contributed by atoms with Crippen LogP contribution in [0, 0.1) is 25.7 Å². The van der Waals surface area contributed by atoms with Crippen LogP contribution in [-0.4, -0.2) is 14.5 Å². The van der Waals surface area contributed by atoms with Gasteiger partial charge in [-0.05, 0) is 37.5 Å². The summed E-state index contributed by atoms with van der Waals surface area (Å²) in [5, 5.41) is 0. The molecule has 0 fully saturated rings. The molecule has 0 radical (unpaired) electrons. The Morgan fingerprint density at radius 3 is 2.64 bits per heavy atom. The van der Waals surface area contributed by atoms with Gasteiger partial charge in [-0.25, -0.2) is 4.98 Å². The van der Waals surface area contributed by atoms with Crippen LogP contribution in [0.1, 0.15) is 28.3 Å². The SMILES string of the molecule is Cc1cc(C#Cc2cn(Cc3ccccc3)c(C)n2)ccn1. The molecule has 108 valence electrons. The maximum absolute atomic E-state index is 4.52. The minimum atomic E-state index is 0.794. The molecule has 0 aliphatic rings. The number of hydrogen-bond acceptors (Lipinski definition) is 2. The van der Waals surface area contributed by atoms with Gasteiger partial charge in [-0.15, -0.1) is 0 Å². The van der Waals surface area contributed by atoms with Gasteiger partial charge < -0.3 is 4.57 Å². The van der Waals surface area contributed by atoms with Crippen molar-refractivity contribution in [2.45, 2.75) is 20.4 Å². The summed E-state index contributed by atoms with van der Waals surface area (Å²) in [6.07, 6.45) is 3.78. The summed E-state index contributed by atoms with van der Waals surface area (Å²) in [4.78, 5) is 8.69. The van der Waals surface area contributed by atoms with E-state index >= 15 is 0 Å². The van der Waals surface area contributed by atoms with Crippen molar-refractivity contribution in [3.05, 3.63) is 83.2 Å². The molecule has 1 aromatic carbocycles. The van der Waals surface area contributed by atoms with Crippen LogP contribution in [0.2, 0.25) is 0 Å². The summed E-state index contributed by atoms with van der Waals surface area (Å²) < 4.78 is 2.12. The van der Waals surface area contributed by atoms with Crippen molar-refractivity contribution in [1.82, 2.24) is 14.5 Å². The van der Waals surface area contributed by atoms with E-state index in [0.717, 1.165) is 29.3 Å². The number of nitrogens with zero attached hydrogens (tertiary/aromatic N) is 3. The topological polar surface area (TPSA) is 30.7 Å². The smallest absolute Gasteiger partial charge is 0.131 e. The molecule has 0 amide bonds. The van der Waals surface area contributed by atoms with Gasteiger partial charge in [-0.1, -0.05) is 36.3 Å². The van der Waals surface area contributed by atoms with Crippen molar-refractivity contribution in [2.75, 3.05) is 0 Å². The van der Waals surface area contributed by atoms with Gasteiger partial charge >= 0.3 is 0 Å². The molecule has 0 unspecified atom stereocenters. The monoisotopic (exact) mass is 287 g/mol. The lowest BCUT2D eigenvalue weighted by Gasteiger charge is -2.03. The summed E-state index contributed by atoms with van der Waals surface area (Å²) in [5.41, 5.74) is 3.98. The average molecular weight is 287 g/mol. The minimum Gasteiger partial charge on any atom is -0.329 e. The van der Waals surface area contributed by atoms with Crippen LogP contribution in [0.25, 0.3) is 0 Å². The van der Waals surface area contributed by atoms with Crippen molar-refractivity contribution >= 4 is 0 Å². The van der Waals surface area contributed by atoms with Gasteiger partial charge in [0, 0.05) is 30.2 Å². The van der Waals surface area contributed by atoms with Gasteiger partial charge in [0.25, 0.3) is 0 Å². The van der Waals surface area contributed by atoms with Crippen LogP contribution in [0.15, 0.2) is 54.9 Å². The fourth-order valence-electron chi connectivity index (χ4n) is 2.27. The van der Waals surface area contributed by atoms with E-state index in [1.807, 2.05) is 50.4 Å². The fraction of sp³-hybridized carbons (Fsp3) is 0.158. The summed E-state index contributed by atoms with van der Waals surface area (Å²) in [7, 11) is 0. The first kappa shape index (κ1) is 14.1. The molecular formula is C19H17N3. The third-order valence-corrected chi connectivity index (χ3v) is 3.40. The van der Waals surface area contributed by atoms with Crippen LogP contribution in [0.5, 0.6) is 0 Å². The molecule has 3 aromatic rings. The first-order valence-electron chi connectivity index (χ1n) is 7.23. The lowest BCUT2D eigenvalue weighted by Crippen LogP contribution is -2.00. The van der Waals surface area contributed by atoms with Crippen molar-refractivity contribution in [1.29, 1.82) is 0 Å². The molecule has 0 atom stereocenters. The van der Waals surface area contributed by atoms with E-state index < -0.39 is 0 Å². The predicted octanol–water partition coefficient (Wildman–Crippen LogP) is 3.34. The Kier molecular flexibility index (Phi) is 4.02. The van der Waals surface area contributed by atoms with Gasteiger partial charge in [0.2, 0.25) is 0 Å². The van der Waals surface area contributed by atoms with Gasteiger partial charge in [0.05, 0.1) is 0 Å². The second-order valence-corrected chi connectivity index (χ2v) is 5.22. The van der Waals surface area contributed by atoms with Crippen molar-refractivity contribution in [2.24, 2.45) is 0 Å². The highest BCUT2D eigenvalue weighted by molar-refractivity contribution is 5.39. The molecule has 0 aliphatic heterocycles. The number of benzene rings is 1. The van der Waals surface area contributed by atoms with E-state index in [2.05, 4.69) is 38.5 Å². The van der Waals surface area contributed by atoms with Gasteiger partial charge in [-0.2, -0.15) is 0 Å². The third-order valence-electron chi connectivity index (χ3n) is 3.40. The van der Waals surface area contributed by atoms with Crippen molar-refractivity contribution in [3.63, 3.8) is 0 Å². The number of rotatable bonds is 2. The molecule has 3 nitrogen and oxygen atoms in total. The van der Waals surface area contributed by atoms with Crippen LogP contribution < -0.4 is 0 Å². The molecule has 2 heterocycles. The van der Waals surface area contributed by atoms with Crippen LogP contribution in [-0.2, 0) is 6.54 Å². The largest absolute Gasteiger partial charge is 0.329 e. The van der Waals surface area contributed by atoms with E-state index in [4.69, 9.17) is 0 Å². The zero-order valence-corrected chi connectivity index (χ0v) is 12.7. The Labute approximate surface area is 130 Å². The molecule has 0 saturated heterocycles. The summed E-state index contributed by atoms with van der Waals surface area (Å²) in [6.45, 7) is 4.78. The highest BCUT2D eigenvalue weighted by Crippen LogP contribution is 2.07. The molecule has 0 aliphatic carbocycles. The Bertz CT molecular complexity index is 836. The molecule has 2 aromatic heterocycles. The lowest BCUT2D eigenvalue weighted by molar-refractivity contribution is 0.762. The summed E-state index contributed by atoms with van der Waals surface area (Å²) in [6, 6.07) is 14.2. The highest BCUT2D eigenvalue weighted by Gasteiger charge is 2.02. The quantitative estimate of drug-likeness (QED) is 0.677. The Balaban J connectivity index is 1.81. The van der Waals surface area contributed by atoms with Gasteiger partial charge in [-0.3, -0.25) is 4.98 Å². The Morgan fingerprint density at radius 2 is 1.86 bits per heavy atom. The van der Waals surface area contributed by atoms with Crippen molar-refractivity contribution in [3.8, 4) is 11.8 Å². The molecular weight excluding hydrogens is 270 g/mol. The van der Waals surface area contributed by atoms with E-state index in [-0.39, 0.29) is 0 Å². The average Bonchev–Trinajstić information content (AvgIpc) is 2.87. The number of aryl methyl sites for hydroxylation is 2. The fourth-order valence-corrected chi connectivity index (χ4v) is 2.27. The minimum absolute atomic E-state index is 0.794. The van der Waals surface area contributed by atoms with Crippen LogP contribution >= 0.6 is 0 Å². The first-order valence-corrected chi connectivity index (χ1v) is 7.23. The Morgan fingerprint density at radius 1 is 1.05 bits per heavy atom. The molecule has 22 heavy (non-hydrogen) atoms. The van der Waals surface area contributed by atoms with Crippen molar-refractivity contribution < 1.29 is 0 Å². The standard InChI is InChI=1S/C19H17N3/c1-15-12-17(10-11-20-15)8-9-19-14-22(16(2)21-19)13-18-6-4-3-5-7-18/h3-7,10-12,14H,13H2,1-2H3. The van der Waals surface area contributed by atoms with E-state index in [1.165, 1.54) is 5.56 Å². The van der Waals surface area contributed by atoms with Crippen LogP contribution in [0.4, 0.5) is 0 Å². The van der Waals surface area contributed by atoms with Gasteiger partial charge in [0.15, 0.2) is 0 Å². The highest BCUT2D eigenvalue weighted by atomic mass is 15.1. The Hall–Kier alpha value is -2.86. The summed E-state index contributed by atoms with van der Waals surface area (Å²) >= 11 is 0. The zero-order chi connectivity index (χ0) is 15.4. The number of aromatic nitrogens is 3. The summed E-state index contributed by atoms with van der Waals surface area (Å²) in [5.74, 6) is 7.24. The number of hydrogen-bond donors (Lipinski definition) is 0.